The molecule has 0 unspecified atom stereocenters. The van der Waals surface area contributed by atoms with Gasteiger partial charge in [0.25, 0.3) is 5.91 Å². The van der Waals surface area contributed by atoms with Crippen LogP contribution in [0.15, 0.2) is 24.5 Å². The van der Waals surface area contributed by atoms with Gasteiger partial charge in [0.05, 0.1) is 23.0 Å². The van der Waals surface area contributed by atoms with E-state index in [-0.39, 0.29) is 17.6 Å². The molecule has 0 aliphatic heterocycles. The summed E-state index contributed by atoms with van der Waals surface area (Å²) in [6.07, 6.45) is -2.25. The van der Waals surface area contributed by atoms with Crippen LogP contribution in [0.4, 0.5) is 13.2 Å². The quantitative estimate of drug-likeness (QED) is 0.687. The first kappa shape index (κ1) is 23.9. The molecule has 2 rings (SSSR count). The van der Waals surface area contributed by atoms with Gasteiger partial charge in [-0.2, -0.15) is 18.3 Å². The van der Waals surface area contributed by atoms with Crippen molar-refractivity contribution in [3.63, 3.8) is 0 Å². The zero-order valence-corrected chi connectivity index (χ0v) is 18.3. The van der Waals surface area contributed by atoms with E-state index in [9.17, 15) is 18.0 Å². The lowest BCUT2D eigenvalue weighted by atomic mass is 10.1. The van der Waals surface area contributed by atoms with Crippen LogP contribution in [0.5, 0.6) is 0 Å². The van der Waals surface area contributed by atoms with Gasteiger partial charge in [0.15, 0.2) is 5.82 Å². The molecule has 1 N–H and O–H groups in total. The molecule has 0 aliphatic carbocycles. The van der Waals surface area contributed by atoms with Gasteiger partial charge in [-0.05, 0) is 45.7 Å². The lowest BCUT2D eigenvalue weighted by Crippen LogP contribution is -2.42. The monoisotopic (exact) mass is 425 g/mol. The molecule has 9 heteroatoms. The van der Waals surface area contributed by atoms with Gasteiger partial charge in [0, 0.05) is 31.4 Å². The van der Waals surface area contributed by atoms with Crippen molar-refractivity contribution in [1.29, 1.82) is 0 Å². The van der Waals surface area contributed by atoms with E-state index >= 15 is 0 Å². The fourth-order valence-electron chi connectivity index (χ4n) is 3.46. The van der Waals surface area contributed by atoms with Gasteiger partial charge in [-0.25, -0.2) is 9.67 Å². The Kier molecular flexibility index (Phi) is 7.63. The lowest BCUT2D eigenvalue weighted by molar-refractivity contribution is -0.137. The Morgan fingerprint density at radius 3 is 2.20 bits per heavy atom. The number of halogens is 3. The number of carbonyl (C=O) groups is 1. The van der Waals surface area contributed by atoms with E-state index in [1.54, 1.807) is 0 Å². The second-order valence-corrected chi connectivity index (χ2v) is 8.09. The Hall–Kier alpha value is -2.42. The highest BCUT2D eigenvalue weighted by atomic mass is 19.4. The number of nitrogens with one attached hydrogen (secondary N) is 1. The van der Waals surface area contributed by atoms with Crippen LogP contribution in [-0.4, -0.2) is 50.7 Å². The summed E-state index contributed by atoms with van der Waals surface area (Å²) in [7, 11) is 0. The van der Waals surface area contributed by atoms with Crippen LogP contribution in [0.3, 0.4) is 0 Å². The number of pyridine rings is 1. The zero-order chi connectivity index (χ0) is 22.6. The van der Waals surface area contributed by atoms with E-state index in [4.69, 9.17) is 0 Å². The predicted octanol–water partition coefficient (Wildman–Crippen LogP) is 4.26. The third-order valence-corrected chi connectivity index (χ3v) is 4.87. The van der Waals surface area contributed by atoms with Crippen molar-refractivity contribution in [2.45, 2.75) is 65.7 Å². The molecule has 166 valence electrons. The fraction of sp³-hybridized carbons (Fsp3) is 0.571. The van der Waals surface area contributed by atoms with Crippen molar-refractivity contribution in [2.75, 3.05) is 13.1 Å². The van der Waals surface area contributed by atoms with Crippen LogP contribution in [0.1, 0.15) is 69.1 Å². The molecule has 0 aromatic carbocycles. The molecule has 2 aromatic rings. The fourth-order valence-corrected chi connectivity index (χ4v) is 3.46. The Morgan fingerprint density at radius 1 is 1.10 bits per heavy atom. The molecule has 1 amide bonds. The van der Waals surface area contributed by atoms with E-state index in [0.717, 1.165) is 12.3 Å². The third kappa shape index (κ3) is 5.59. The first-order valence-corrected chi connectivity index (χ1v) is 10.1. The smallest absolute Gasteiger partial charge is 0.351 e. The zero-order valence-electron chi connectivity index (χ0n) is 18.3. The molecule has 0 spiro atoms. The molecule has 0 atom stereocenters. The number of hydrogen-bond acceptors (Lipinski definition) is 4. The van der Waals surface area contributed by atoms with Crippen molar-refractivity contribution >= 4 is 5.91 Å². The summed E-state index contributed by atoms with van der Waals surface area (Å²) < 4.78 is 39.8. The minimum atomic E-state index is -4.46. The van der Waals surface area contributed by atoms with Crippen molar-refractivity contribution in [1.82, 2.24) is 25.0 Å². The highest BCUT2D eigenvalue weighted by molar-refractivity contribution is 5.95. The number of carbonyl (C=O) groups excluding carboxylic acids is 1. The largest absolute Gasteiger partial charge is 0.417 e. The molecule has 0 bridgehead atoms. The van der Waals surface area contributed by atoms with Crippen LogP contribution in [-0.2, 0) is 6.18 Å². The Balaban J connectivity index is 2.20. The summed E-state index contributed by atoms with van der Waals surface area (Å²) in [4.78, 5) is 18.9. The standard InChI is InChI=1S/C21H30F3N5O/c1-13(2)19-17(20(30)25-9-10-28(14(3)4)15(5)6)12-27-29(19)18-8-7-16(11-26-18)21(22,23)24/h7-8,11-15H,9-10H2,1-6H3,(H,25,30). The van der Waals surface area contributed by atoms with Gasteiger partial charge in [-0.3, -0.25) is 9.69 Å². The minimum Gasteiger partial charge on any atom is -0.351 e. The van der Waals surface area contributed by atoms with E-state index in [0.29, 0.717) is 36.4 Å². The third-order valence-electron chi connectivity index (χ3n) is 4.87. The molecular formula is C21H30F3N5O. The molecule has 6 nitrogen and oxygen atoms in total. The molecule has 30 heavy (non-hydrogen) atoms. The molecule has 0 fully saturated rings. The predicted molar refractivity (Wildman–Crippen MR) is 110 cm³/mol. The summed E-state index contributed by atoms with van der Waals surface area (Å²) in [6.45, 7) is 13.4. The maximum absolute atomic E-state index is 12.8. The molecule has 2 heterocycles. The van der Waals surface area contributed by atoms with E-state index in [2.05, 4.69) is 48.0 Å². The van der Waals surface area contributed by atoms with E-state index < -0.39 is 11.7 Å². The lowest BCUT2D eigenvalue weighted by Gasteiger charge is -2.30. The second-order valence-electron chi connectivity index (χ2n) is 8.09. The summed E-state index contributed by atoms with van der Waals surface area (Å²) in [5, 5.41) is 7.15. The van der Waals surface area contributed by atoms with Crippen molar-refractivity contribution in [3.8, 4) is 5.82 Å². The van der Waals surface area contributed by atoms with E-state index in [1.807, 2.05) is 13.8 Å². The first-order chi connectivity index (χ1) is 13.9. The average molecular weight is 425 g/mol. The normalized spacial score (nSPS) is 12.4. The number of hydrogen-bond donors (Lipinski definition) is 1. The highest BCUT2D eigenvalue weighted by Crippen LogP contribution is 2.29. The van der Waals surface area contributed by atoms with Crippen molar-refractivity contribution < 1.29 is 18.0 Å². The Bertz CT molecular complexity index is 833. The molecule has 0 saturated heterocycles. The number of rotatable bonds is 8. The maximum atomic E-state index is 12.8. The van der Waals surface area contributed by atoms with Gasteiger partial charge in [0.1, 0.15) is 0 Å². The second kappa shape index (κ2) is 9.59. The SMILES string of the molecule is CC(C)c1c(C(=O)NCCN(C(C)C)C(C)C)cnn1-c1ccc(C(F)(F)F)cn1. The number of nitrogens with zero attached hydrogens (tertiary/aromatic N) is 4. The summed E-state index contributed by atoms with van der Waals surface area (Å²) in [5.41, 5.74) is 0.166. The maximum Gasteiger partial charge on any atom is 0.417 e. The molecular weight excluding hydrogens is 395 g/mol. The Morgan fingerprint density at radius 2 is 1.73 bits per heavy atom. The minimum absolute atomic E-state index is 0.0832. The number of alkyl halides is 3. The van der Waals surface area contributed by atoms with Crippen molar-refractivity contribution in [2.24, 2.45) is 0 Å². The average Bonchev–Trinajstić information content (AvgIpc) is 3.09. The molecule has 0 aliphatic rings. The summed E-state index contributed by atoms with van der Waals surface area (Å²) in [6, 6.07) is 2.94. The highest BCUT2D eigenvalue weighted by Gasteiger charge is 2.31. The van der Waals surface area contributed by atoms with Gasteiger partial charge < -0.3 is 5.32 Å². The first-order valence-electron chi connectivity index (χ1n) is 10.1. The van der Waals surface area contributed by atoms with Gasteiger partial charge in [0.2, 0.25) is 0 Å². The van der Waals surface area contributed by atoms with Crippen molar-refractivity contribution in [3.05, 3.63) is 41.3 Å². The van der Waals surface area contributed by atoms with Crippen LogP contribution >= 0.6 is 0 Å². The summed E-state index contributed by atoms with van der Waals surface area (Å²) >= 11 is 0. The topological polar surface area (TPSA) is 63.1 Å². The summed E-state index contributed by atoms with van der Waals surface area (Å²) in [5.74, 6) is -0.110. The molecule has 0 saturated carbocycles. The number of amides is 1. The van der Waals surface area contributed by atoms with Gasteiger partial charge in [-0.1, -0.05) is 13.8 Å². The molecule has 2 aromatic heterocycles. The van der Waals surface area contributed by atoms with E-state index in [1.165, 1.54) is 16.9 Å². The number of aromatic nitrogens is 3. The van der Waals surface area contributed by atoms with Gasteiger partial charge >= 0.3 is 6.18 Å². The van der Waals surface area contributed by atoms with Gasteiger partial charge in [-0.15, -0.1) is 0 Å². The van der Waals surface area contributed by atoms with Crippen LogP contribution in [0.25, 0.3) is 5.82 Å². The van der Waals surface area contributed by atoms with Crippen LogP contribution < -0.4 is 5.32 Å². The van der Waals surface area contributed by atoms with Crippen LogP contribution in [0.2, 0.25) is 0 Å². The molecule has 0 radical (unpaired) electrons. The Labute approximate surface area is 175 Å². The van der Waals surface area contributed by atoms with Crippen LogP contribution in [0, 0.1) is 0 Å².